The van der Waals surface area contributed by atoms with E-state index < -0.39 is 0 Å². The summed E-state index contributed by atoms with van der Waals surface area (Å²) in [6.07, 6.45) is 0.252. The molecule has 3 aromatic rings. The van der Waals surface area contributed by atoms with Gasteiger partial charge < -0.3 is 0 Å². The fraction of sp³-hybridized carbons (Fsp3) is 0.0476. The van der Waals surface area contributed by atoms with Crippen LogP contribution in [0.1, 0.15) is 16.7 Å². The van der Waals surface area contributed by atoms with Crippen molar-refractivity contribution in [2.45, 2.75) is 6.42 Å². The monoisotopic (exact) mass is 581 g/mol. The Balaban J connectivity index is 0.000000171. The molecule has 0 saturated heterocycles. The summed E-state index contributed by atoms with van der Waals surface area (Å²) < 4.78 is 1.76. The van der Waals surface area contributed by atoms with E-state index in [4.69, 9.17) is 45.3 Å². The minimum atomic E-state index is -0.211. The first-order chi connectivity index (χ1) is 14.3. The van der Waals surface area contributed by atoms with E-state index in [9.17, 15) is 4.79 Å². The van der Waals surface area contributed by atoms with Crippen molar-refractivity contribution in [3.8, 4) is 12.1 Å². The molecule has 0 unspecified atom stereocenters. The van der Waals surface area contributed by atoms with Crippen molar-refractivity contribution in [1.82, 2.24) is 4.98 Å². The van der Waals surface area contributed by atoms with Crippen LogP contribution in [0.2, 0.25) is 10.2 Å². The molecule has 9 heteroatoms. The highest BCUT2D eigenvalue weighted by Gasteiger charge is 2.24. The Morgan fingerprint density at radius 3 is 2.30 bits per heavy atom. The maximum absolute atomic E-state index is 11.5. The molecule has 0 spiro atoms. The van der Waals surface area contributed by atoms with Crippen LogP contribution in [0, 0.1) is 22.7 Å². The summed E-state index contributed by atoms with van der Waals surface area (Å²) in [6, 6.07) is 14.7. The Kier molecular flexibility index (Phi) is 7.18. The lowest BCUT2D eigenvalue weighted by Crippen LogP contribution is -2.13. The number of Topliss-reactive ketones (excluding diaryl/α,β-unsaturated/α-hetero) is 1. The lowest BCUT2D eigenvalue weighted by molar-refractivity contribution is -0.114. The van der Waals surface area contributed by atoms with Crippen molar-refractivity contribution >= 4 is 88.4 Å². The van der Waals surface area contributed by atoms with Gasteiger partial charge in [0.2, 0.25) is 0 Å². The Morgan fingerprint density at radius 2 is 1.63 bits per heavy atom. The van der Waals surface area contributed by atoms with Gasteiger partial charge in [0.05, 0.1) is 15.6 Å². The van der Waals surface area contributed by atoms with Crippen molar-refractivity contribution in [2.75, 3.05) is 0 Å². The number of fused-ring (bicyclic) bond motifs is 2. The molecule has 0 atom stereocenters. The fourth-order valence-electron chi connectivity index (χ4n) is 2.80. The zero-order valence-electron chi connectivity index (χ0n) is 14.8. The van der Waals surface area contributed by atoms with Crippen LogP contribution >= 0.6 is 66.7 Å². The van der Waals surface area contributed by atoms with Crippen LogP contribution < -0.4 is 0 Å². The van der Waals surface area contributed by atoms with Crippen molar-refractivity contribution in [3.05, 3.63) is 77.8 Å². The molecule has 1 heterocycles. The van der Waals surface area contributed by atoms with E-state index in [2.05, 4.69) is 36.8 Å². The minimum absolute atomic E-state index is 0.0577. The molecule has 30 heavy (non-hydrogen) atoms. The molecule has 4 rings (SSSR count). The van der Waals surface area contributed by atoms with Crippen LogP contribution in [0.3, 0.4) is 0 Å². The van der Waals surface area contributed by atoms with E-state index >= 15 is 0 Å². The van der Waals surface area contributed by atoms with Gasteiger partial charge in [-0.3, -0.25) is 4.79 Å². The van der Waals surface area contributed by atoms with E-state index in [1.807, 2.05) is 42.5 Å². The van der Waals surface area contributed by atoms with Crippen molar-refractivity contribution in [1.29, 1.82) is 10.5 Å². The Bertz CT molecular complexity index is 1320. The van der Waals surface area contributed by atoms with Gasteiger partial charge >= 0.3 is 0 Å². The lowest BCUT2D eigenvalue weighted by Gasteiger charge is -2.15. The summed E-state index contributed by atoms with van der Waals surface area (Å²) in [6.45, 7) is 0. The normalized spacial score (nSPS) is 12.6. The van der Waals surface area contributed by atoms with E-state index in [0.29, 0.717) is 15.9 Å². The number of ketones is 1. The highest BCUT2D eigenvalue weighted by Crippen LogP contribution is 2.34. The first kappa shape index (κ1) is 22.7. The van der Waals surface area contributed by atoms with Gasteiger partial charge in [-0.15, -0.1) is 0 Å². The zero-order valence-corrected chi connectivity index (χ0v) is 20.3. The highest BCUT2D eigenvalue weighted by atomic mass is 79.9. The third-order valence-electron chi connectivity index (χ3n) is 4.22. The molecule has 1 aliphatic carbocycles. The third kappa shape index (κ3) is 4.54. The molecule has 4 nitrogen and oxygen atoms in total. The number of carbonyl (C=O) groups is 1. The fourth-order valence-corrected chi connectivity index (χ4v) is 4.41. The van der Waals surface area contributed by atoms with Gasteiger partial charge in [-0.05, 0) is 41.5 Å². The van der Waals surface area contributed by atoms with Gasteiger partial charge in [-0.25, -0.2) is 4.98 Å². The molecule has 1 aliphatic rings. The van der Waals surface area contributed by atoms with E-state index in [1.165, 1.54) is 0 Å². The third-order valence-corrected chi connectivity index (χ3v) is 6.27. The molecular formula is C21H8Br2Cl3N3O. The van der Waals surface area contributed by atoms with Crippen molar-refractivity contribution in [2.24, 2.45) is 0 Å². The molecule has 0 amide bonds. The Labute approximate surface area is 203 Å². The molecule has 0 fully saturated rings. The first-order valence-corrected chi connectivity index (χ1v) is 10.9. The second kappa shape index (κ2) is 9.47. The largest absolute Gasteiger partial charge is 0.293 e. The predicted octanol–water partition coefficient (Wildman–Crippen LogP) is 7.22. The van der Waals surface area contributed by atoms with Gasteiger partial charge in [0.1, 0.15) is 28.4 Å². The maximum Gasteiger partial charge on any atom is 0.179 e. The maximum atomic E-state index is 11.5. The molecule has 1 aromatic heterocycles. The van der Waals surface area contributed by atoms with Crippen LogP contribution in [-0.4, -0.2) is 10.8 Å². The van der Waals surface area contributed by atoms with Gasteiger partial charge in [0.15, 0.2) is 5.78 Å². The summed E-state index contributed by atoms with van der Waals surface area (Å²) in [5, 5.41) is 19.1. The second-order valence-corrected chi connectivity index (χ2v) is 9.01. The summed E-state index contributed by atoms with van der Waals surface area (Å²) >= 11 is 24.5. The predicted molar refractivity (Wildman–Crippen MR) is 125 cm³/mol. The van der Waals surface area contributed by atoms with Gasteiger partial charge in [0, 0.05) is 20.8 Å². The average molecular weight is 584 g/mol. The van der Waals surface area contributed by atoms with Gasteiger partial charge in [0.25, 0.3) is 0 Å². The lowest BCUT2D eigenvalue weighted by atomic mass is 9.91. The van der Waals surface area contributed by atoms with Crippen LogP contribution in [0.15, 0.2) is 50.9 Å². The minimum Gasteiger partial charge on any atom is -0.293 e. The number of hydrogen-bond acceptors (Lipinski definition) is 4. The Hall–Kier alpha value is -1.93. The summed E-state index contributed by atoms with van der Waals surface area (Å²) in [5.41, 5.74) is 2.58. The Morgan fingerprint density at radius 1 is 0.967 bits per heavy atom. The van der Waals surface area contributed by atoms with Crippen LogP contribution in [0.25, 0.3) is 15.9 Å². The van der Waals surface area contributed by atoms with Crippen molar-refractivity contribution < 1.29 is 4.79 Å². The summed E-state index contributed by atoms with van der Waals surface area (Å²) in [7, 11) is 0. The molecule has 148 valence electrons. The smallest absolute Gasteiger partial charge is 0.179 e. The SMILES string of the molecule is N#CC1=C(Cl)c2cc(Br)ccc2CC1=O.N#Cc1c(Cl)nc2ccc(Br)cc2c1Cl. The van der Waals surface area contributed by atoms with E-state index in [1.54, 1.807) is 6.07 Å². The van der Waals surface area contributed by atoms with Crippen LogP contribution in [0.4, 0.5) is 0 Å². The molecule has 0 bridgehead atoms. The zero-order chi connectivity index (χ0) is 22.0. The number of hydrogen-bond donors (Lipinski definition) is 0. The van der Waals surface area contributed by atoms with Gasteiger partial charge in [-0.2, -0.15) is 10.5 Å². The number of carbonyl (C=O) groups excluding carboxylic acids is 1. The molecular weight excluding hydrogens is 576 g/mol. The first-order valence-electron chi connectivity index (χ1n) is 8.23. The van der Waals surface area contributed by atoms with Crippen LogP contribution in [-0.2, 0) is 11.2 Å². The van der Waals surface area contributed by atoms with Gasteiger partial charge in [-0.1, -0.05) is 72.7 Å². The second-order valence-electron chi connectivity index (χ2n) is 6.07. The van der Waals surface area contributed by atoms with Crippen LogP contribution in [0.5, 0.6) is 0 Å². The number of allylic oxidation sites excluding steroid dienone is 1. The number of halogens is 5. The number of benzene rings is 2. The highest BCUT2D eigenvalue weighted by molar-refractivity contribution is 9.10. The number of pyridine rings is 1. The summed E-state index contributed by atoms with van der Waals surface area (Å²) in [5.74, 6) is -0.211. The van der Waals surface area contributed by atoms with E-state index in [-0.39, 0.29) is 33.5 Å². The molecule has 0 saturated carbocycles. The standard InChI is InChI=1S/C11H5BrClNO.C10H3BrCl2N2/c12-7-2-1-6-3-10(15)9(5-14)11(13)8(6)4-7;11-5-1-2-8-6(3-5)9(12)7(4-14)10(13)15-8/h1-2,4H,3H2;1-3H. The summed E-state index contributed by atoms with van der Waals surface area (Å²) in [4.78, 5) is 15.6. The average Bonchev–Trinajstić information content (AvgIpc) is 2.70. The topological polar surface area (TPSA) is 77.5 Å². The quantitative estimate of drug-likeness (QED) is 0.262. The molecule has 0 N–H and O–H groups in total. The van der Waals surface area contributed by atoms with E-state index in [0.717, 1.165) is 20.1 Å². The number of aromatic nitrogens is 1. The number of nitriles is 2. The van der Waals surface area contributed by atoms with Crippen molar-refractivity contribution in [3.63, 3.8) is 0 Å². The number of nitrogens with zero attached hydrogens (tertiary/aromatic N) is 3. The number of rotatable bonds is 0. The molecule has 0 radical (unpaired) electrons. The molecule has 2 aromatic carbocycles. The molecule has 0 aliphatic heterocycles.